The maximum atomic E-state index is 13.1. The summed E-state index contributed by atoms with van der Waals surface area (Å²) in [6.07, 6.45) is 1.66. The van der Waals surface area contributed by atoms with E-state index in [1.54, 1.807) is 28.2 Å². The van der Waals surface area contributed by atoms with Crippen LogP contribution in [0.5, 0.6) is 0 Å². The molecule has 0 amide bonds. The van der Waals surface area contributed by atoms with E-state index in [0.717, 1.165) is 16.7 Å². The first kappa shape index (κ1) is 15.2. The van der Waals surface area contributed by atoms with Crippen LogP contribution < -0.4 is 5.56 Å². The molecule has 0 atom stereocenters. The highest BCUT2D eigenvalue weighted by molar-refractivity contribution is 5.92. The molecule has 2 aromatic carbocycles. The summed E-state index contributed by atoms with van der Waals surface area (Å²) in [5.41, 5.74) is 3.03. The van der Waals surface area contributed by atoms with Gasteiger partial charge in [0, 0.05) is 11.9 Å². The molecule has 0 saturated heterocycles. The molecule has 124 valence electrons. The number of rotatable bonds is 3. The largest absolute Gasteiger partial charge is 0.462 e. The van der Waals surface area contributed by atoms with Gasteiger partial charge in [0.15, 0.2) is 0 Å². The lowest BCUT2D eigenvalue weighted by Crippen LogP contribution is -2.20. The Morgan fingerprint density at radius 3 is 2.36 bits per heavy atom. The van der Waals surface area contributed by atoms with E-state index in [4.69, 9.17) is 4.74 Å². The van der Waals surface area contributed by atoms with Gasteiger partial charge in [-0.2, -0.15) is 0 Å². The van der Waals surface area contributed by atoms with Crippen LogP contribution in [0.3, 0.4) is 0 Å². The zero-order valence-electron chi connectivity index (χ0n) is 13.7. The van der Waals surface area contributed by atoms with Crippen LogP contribution in [-0.2, 0) is 4.74 Å². The minimum absolute atomic E-state index is 0.180. The van der Waals surface area contributed by atoms with Gasteiger partial charge in [0.25, 0.3) is 5.56 Å². The highest BCUT2D eigenvalue weighted by Gasteiger charge is 2.16. The highest BCUT2D eigenvalue weighted by Crippen LogP contribution is 2.20. The summed E-state index contributed by atoms with van der Waals surface area (Å²) in [7, 11) is 0. The first-order valence-electron chi connectivity index (χ1n) is 8.09. The van der Waals surface area contributed by atoms with Crippen LogP contribution in [0.1, 0.15) is 17.3 Å². The van der Waals surface area contributed by atoms with Crippen molar-refractivity contribution in [1.82, 2.24) is 8.97 Å². The third-order valence-electron chi connectivity index (χ3n) is 4.15. The van der Waals surface area contributed by atoms with Gasteiger partial charge in [-0.15, -0.1) is 0 Å². The molecular weight excluding hydrogens is 316 g/mol. The van der Waals surface area contributed by atoms with Gasteiger partial charge in [-0.3, -0.25) is 9.36 Å². The van der Waals surface area contributed by atoms with Crippen LogP contribution in [0, 0.1) is 0 Å². The van der Waals surface area contributed by atoms with Crippen molar-refractivity contribution in [2.45, 2.75) is 6.92 Å². The molecule has 4 rings (SSSR count). The minimum Gasteiger partial charge on any atom is -0.462 e. The standard InChI is InChI=1S/C20H16N2O3/c1-2-25-20(24)14-12-18-19(23)22(15-8-4-3-5-9-15)17-11-7-6-10-16(17)21(18)13-14/h3-13H,2H2,1H3. The van der Waals surface area contributed by atoms with Crippen molar-refractivity contribution in [3.05, 3.63) is 82.8 Å². The van der Waals surface area contributed by atoms with Gasteiger partial charge in [0.1, 0.15) is 5.52 Å². The first-order chi connectivity index (χ1) is 12.2. The summed E-state index contributed by atoms with van der Waals surface area (Å²) in [6.45, 7) is 2.05. The molecule has 25 heavy (non-hydrogen) atoms. The van der Waals surface area contributed by atoms with Crippen LogP contribution in [0.2, 0.25) is 0 Å². The molecule has 0 unspecified atom stereocenters. The number of nitrogens with zero attached hydrogens (tertiary/aromatic N) is 2. The average molecular weight is 332 g/mol. The van der Waals surface area contributed by atoms with Crippen molar-refractivity contribution in [2.24, 2.45) is 0 Å². The van der Waals surface area contributed by atoms with Crippen molar-refractivity contribution >= 4 is 22.5 Å². The Bertz CT molecular complexity index is 1140. The van der Waals surface area contributed by atoms with Gasteiger partial charge < -0.3 is 9.14 Å². The lowest BCUT2D eigenvalue weighted by atomic mass is 10.2. The van der Waals surface area contributed by atoms with E-state index in [1.165, 1.54) is 0 Å². The van der Waals surface area contributed by atoms with Gasteiger partial charge in [0.2, 0.25) is 0 Å². The van der Waals surface area contributed by atoms with Crippen molar-refractivity contribution in [3.63, 3.8) is 0 Å². The Balaban J connectivity index is 2.10. The number of benzene rings is 2. The zero-order chi connectivity index (χ0) is 17.4. The lowest BCUT2D eigenvalue weighted by molar-refractivity contribution is 0.0526. The van der Waals surface area contributed by atoms with Gasteiger partial charge in [0.05, 0.1) is 23.2 Å². The van der Waals surface area contributed by atoms with Crippen LogP contribution in [0.25, 0.3) is 22.2 Å². The second-order valence-corrected chi connectivity index (χ2v) is 5.67. The Morgan fingerprint density at radius 2 is 1.64 bits per heavy atom. The summed E-state index contributed by atoms with van der Waals surface area (Å²) in [5, 5.41) is 0. The van der Waals surface area contributed by atoms with E-state index in [1.807, 2.05) is 54.6 Å². The smallest absolute Gasteiger partial charge is 0.339 e. The predicted octanol–water partition coefficient (Wildman–Crippen LogP) is 3.42. The van der Waals surface area contributed by atoms with E-state index in [9.17, 15) is 9.59 Å². The molecule has 5 nitrogen and oxygen atoms in total. The molecule has 2 aromatic heterocycles. The summed E-state index contributed by atoms with van der Waals surface area (Å²) < 4.78 is 8.48. The second kappa shape index (κ2) is 5.94. The van der Waals surface area contributed by atoms with E-state index < -0.39 is 5.97 Å². The zero-order valence-corrected chi connectivity index (χ0v) is 13.7. The summed E-state index contributed by atoms with van der Waals surface area (Å²) in [4.78, 5) is 25.2. The normalized spacial score (nSPS) is 11.1. The van der Waals surface area contributed by atoms with Crippen molar-refractivity contribution in [3.8, 4) is 5.69 Å². The molecule has 0 saturated carbocycles. The number of fused-ring (bicyclic) bond motifs is 3. The Labute approximate surface area is 143 Å². The first-order valence-corrected chi connectivity index (χ1v) is 8.09. The predicted molar refractivity (Wildman–Crippen MR) is 96.5 cm³/mol. The fraction of sp³-hybridized carbons (Fsp3) is 0.100. The van der Waals surface area contributed by atoms with Gasteiger partial charge in [-0.25, -0.2) is 4.79 Å². The molecule has 0 N–H and O–H groups in total. The number of ether oxygens (including phenoxy) is 1. The second-order valence-electron chi connectivity index (χ2n) is 5.67. The van der Waals surface area contributed by atoms with Crippen molar-refractivity contribution in [1.29, 1.82) is 0 Å². The fourth-order valence-electron chi connectivity index (χ4n) is 3.07. The molecule has 2 heterocycles. The Kier molecular flexibility index (Phi) is 3.61. The highest BCUT2D eigenvalue weighted by atomic mass is 16.5. The molecular formula is C20H16N2O3. The van der Waals surface area contributed by atoms with E-state index in [2.05, 4.69) is 0 Å². The third-order valence-corrected chi connectivity index (χ3v) is 4.15. The fourth-order valence-corrected chi connectivity index (χ4v) is 3.07. The summed E-state index contributed by atoms with van der Waals surface area (Å²) >= 11 is 0. The quantitative estimate of drug-likeness (QED) is 0.540. The van der Waals surface area contributed by atoms with Gasteiger partial charge in [-0.1, -0.05) is 30.3 Å². The lowest BCUT2D eigenvalue weighted by Gasteiger charge is -2.12. The summed E-state index contributed by atoms with van der Waals surface area (Å²) in [6, 6.07) is 18.7. The van der Waals surface area contributed by atoms with Crippen molar-refractivity contribution in [2.75, 3.05) is 6.61 Å². The minimum atomic E-state index is -0.430. The molecule has 0 spiro atoms. The summed E-state index contributed by atoms with van der Waals surface area (Å²) in [5.74, 6) is -0.430. The number of carbonyl (C=O) groups excluding carboxylic acids is 1. The SMILES string of the molecule is CCOC(=O)c1cc2c(=O)n(-c3ccccc3)c3ccccc3n2c1. The van der Waals surface area contributed by atoms with E-state index in [-0.39, 0.29) is 5.56 Å². The van der Waals surface area contributed by atoms with Crippen LogP contribution in [0.15, 0.2) is 71.7 Å². The van der Waals surface area contributed by atoms with Gasteiger partial charge in [-0.05, 0) is 37.3 Å². The molecule has 0 radical (unpaired) electrons. The number of hydrogen-bond donors (Lipinski definition) is 0. The maximum Gasteiger partial charge on any atom is 0.339 e. The third kappa shape index (κ3) is 2.41. The molecule has 5 heteroatoms. The molecule has 0 aliphatic rings. The molecule has 0 fully saturated rings. The monoisotopic (exact) mass is 332 g/mol. The topological polar surface area (TPSA) is 52.7 Å². The number of esters is 1. The molecule has 0 aliphatic carbocycles. The molecule has 0 aliphatic heterocycles. The Hall–Kier alpha value is -3.34. The molecule has 4 aromatic rings. The number of aromatic nitrogens is 2. The van der Waals surface area contributed by atoms with Gasteiger partial charge >= 0.3 is 5.97 Å². The Morgan fingerprint density at radius 1 is 0.960 bits per heavy atom. The van der Waals surface area contributed by atoms with E-state index >= 15 is 0 Å². The average Bonchev–Trinajstić information content (AvgIpc) is 3.09. The van der Waals surface area contributed by atoms with Crippen LogP contribution >= 0.6 is 0 Å². The van der Waals surface area contributed by atoms with Crippen LogP contribution in [-0.4, -0.2) is 21.5 Å². The number of hydrogen-bond acceptors (Lipinski definition) is 3. The number of para-hydroxylation sites is 3. The maximum absolute atomic E-state index is 13.1. The van der Waals surface area contributed by atoms with E-state index in [0.29, 0.717) is 17.7 Å². The van der Waals surface area contributed by atoms with Crippen LogP contribution in [0.4, 0.5) is 0 Å². The number of carbonyl (C=O) groups is 1. The molecule has 0 bridgehead atoms. The van der Waals surface area contributed by atoms with Crippen molar-refractivity contribution < 1.29 is 9.53 Å².